The van der Waals surface area contributed by atoms with Crippen LogP contribution in [-0.2, 0) is 16.1 Å². The molecule has 2 aliphatic rings. The van der Waals surface area contributed by atoms with E-state index in [0.29, 0.717) is 34.7 Å². The Morgan fingerprint density at radius 2 is 2.19 bits per heavy atom. The molecule has 26 heavy (non-hydrogen) atoms. The van der Waals surface area contributed by atoms with Gasteiger partial charge in [-0.3, -0.25) is 0 Å². The Hall–Kier alpha value is -1.28. The molecule has 4 nitrogen and oxygen atoms in total. The monoisotopic (exact) mass is 472 g/mol. The number of likely N-dealkylation sites (tertiary alicyclic amines) is 1. The number of rotatable bonds is 8. The van der Waals surface area contributed by atoms with Crippen molar-refractivity contribution in [2.45, 2.75) is 32.7 Å². The zero-order valence-corrected chi connectivity index (χ0v) is 17.1. The number of ether oxygens (including phenoxy) is 1. The summed E-state index contributed by atoms with van der Waals surface area (Å²) < 4.78 is 22.0. The SMILES string of the molecule is CC1CCN(Cc2c(F)cccc2C(=O)C2CC2)C/C1=C/[I-]COC=O. The Morgan fingerprint density at radius 3 is 2.92 bits per heavy atom. The molecule has 1 aliphatic carbocycles. The Balaban J connectivity index is 1.70. The van der Waals surface area contributed by atoms with Crippen LogP contribution in [0.25, 0.3) is 0 Å². The van der Waals surface area contributed by atoms with Crippen molar-refractivity contribution in [3.8, 4) is 0 Å². The van der Waals surface area contributed by atoms with Gasteiger partial charge in [0.05, 0.1) is 0 Å². The molecule has 142 valence electrons. The minimum absolute atomic E-state index is 0.0926. The van der Waals surface area contributed by atoms with Crippen molar-refractivity contribution in [1.29, 1.82) is 0 Å². The predicted octanol–water partition coefficient (Wildman–Crippen LogP) is 0.364. The van der Waals surface area contributed by atoms with E-state index in [0.717, 1.165) is 32.4 Å². The first kappa shape index (κ1) is 19.5. The van der Waals surface area contributed by atoms with Crippen LogP contribution in [0, 0.1) is 17.7 Å². The van der Waals surface area contributed by atoms with E-state index in [1.807, 2.05) is 0 Å². The number of piperidine rings is 1. The number of hydrogen-bond donors (Lipinski definition) is 0. The summed E-state index contributed by atoms with van der Waals surface area (Å²) in [6.07, 6.45) is 2.87. The van der Waals surface area contributed by atoms with Crippen molar-refractivity contribution in [2.75, 3.05) is 17.7 Å². The van der Waals surface area contributed by atoms with E-state index in [2.05, 4.69) is 15.9 Å². The van der Waals surface area contributed by atoms with E-state index in [4.69, 9.17) is 4.74 Å². The van der Waals surface area contributed by atoms with Crippen LogP contribution >= 0.6 is 0 Å². The van der Waals surface area contributed by atoms with Gasteiger partial charge in [-0.05, 0) is 0 Å². The molecular weight excluding hydrogens is 448 g/mol. The second-order valence-electron chi connectivity index (χ2n) is 7.02. The van der Waals surface area contributed by atoms with Crippen molar-refractivity contribution in [3.63, 3.8) is 0 Å². The molecular formula is C20H24FINO3-. The first-order chi connectivity index (χ1) is 12.6. The Labute approximate surface area is 164 Å². The van der Waals surface area contributed by atoms with Crippen molar-refractivity contribution in [1.82, 2.24) is 4.90 Å². The van der Waals surface area contributed by atoms with Crippen LogP contribution in [0.4, 0.5) is 4.39 Å². The third-order valence-corrected chi connectivity index (χ3v) is 7.00. The fourth-order valence-corrected chi connectivity index (χ4v) is 5.17. The predicted molar refractivity (Wildman–Crippen MR) is 92.6 cm³/mol. The molecule has 0 aromatic heterocycles. The molecule has 2 fully saturated rings. The summed E-state index contributed by atoms with van der Waals surface area (Å²) in [5.41, 5.74) is 2.44. The number of halogens is 2. The van der Waals surface area contributed by atoms with Gasteiger partial charge in [0.1, 0.15) is 0 Å². The Bertz CT molecular complexity index is 702. The number of Topliss-reactive ketones (excluding diaryl/α,β-unsaturated/α-hetero) is 1. The zero-order valence-electron chi connectivity index (χ0n) is 14.9. The molecule has 0 N–H and O–H groups in total. The number of benzene rings is 1. The van der Waals surface area contributed by atoms with Crippen LogP contribution in [0.2, 0.25) is 0 Å². The Kier molecular flexibility index (Phi) is 6.80. The quantitative estimate of drug-likeness (QED) is 0.180. The zero-order chi connectivity index (χ0) is 18.5. The summed E-state index contributed by atoms with van der Waals surface area (Å²) in [6, 6.07) is 4.85. The molecule has 1 saturated carbocycles. The van der Waals surface area contributed by atoms with Crippen LogP contribution in [0.15, 0.2) is 27.9 Å². The fourth-order valence-electron chi connectivity index (χ4n) is 3.26. The normalized spacial score (nSPS) is 22.5. The molecule has 1 atom stereocenters. The Morgan fingerprint density at radius 1 is 1.38 bits per heavy atom. The molecule has 0 bridgehead atoms. The maximum absolute atomic E-state index is 14.5. The van der Waals surface area contributed by atoms with Gasteiger partial charge >= 0.3 is 164 Å². The van der Waals surface area contributed by atoms with Crippen molar-refractivity contribution >= 4 is 12.3 Å². The average Bonchev–Trinajstić information content (AvgIpc) is 3.47. The molecule has 1 saturated heterocycles. The number of nitrogens with zero attached hydrogens (tertiary/aromatic N) is 1. The summed E-state index contributed by atoms with van der Waals surface area (Å²) in [5, 5.41) is 0. The molecule has 1 aromatic rings. The van der Waals surface area contributed by atoms with E-state index in [1.165, 1.54) is 11.6 Å². The average molecular weight is 472 g/mol. The second kappa shape index (κ2) is 9.08. The number of ketones is 1. The van der Waals surface area contributed by atoms with Gasteiger partial charge in [-0.2, -0.15) is 0 Å². The van der Waals surface area contributed by atoms with Gasteiger partial charge in [-0.25, -0.2) is 0 Å². The van der Waals surface area contributed by atoms with Gasteiger partial charge in [0, 0.05) is 0 Å². The van der Waals surface area contributed by atoms with E-state index in [1.54, 1.807) is 12.1 Å². The van der Waals surface area contributed by atoms with Crippen molar-refractivity contribution in [3.05, 3.63) is 44.8 Å². The van der Waals surface area contributed by atoms with Gasteiger partial charge in [0.2, 0.25) is 0 Å². The number of hydrogen-bond acceptors (Lipinski definition) is 4. The topological polar surface area (TPSA) is 46.6 Å². The van der Waals surface area contributed by atoms with Crippen LogP contribution < -0.4 is 21.2 Å². The minimum atomic E-state index is -0.308. The molecule has 1 unspecified atom stereocenters. The van der Waals surface area contributed by atoms with Crippen molar-refractivity contribution in [2.24, 2.45) is 11.8 Å². The number of carbonyl (C=O) groups is 2. The number of carbonyl (C=O) groups excluding carboxylic acids is 2. The third-order valence-electron chi connectivity index (χ3n) is 5.04. The van der Waals surface area contributed by atoms with E-state index >= 15 is 0 Å². The maximum atomic E-state index is 14.5. The molecule has 6 heteroatoms. The third kappa shape index (κ3) is 4.91. The molecule has 1 aromatic carbocycles. The second-order valence-corrected chi connectivity index (χ2v) is 9.14. The van der Waals surface area contributed by atoms with Crippen LogP contribution in [0.1, 0.15) is 42.1 Å². The van der Waals surface area contributed by atoms with Gasteiger partial charge in [0.15, 0.2) is 0 Å². The van der Waals surface area contributed by atoms with Gasteiger partial charge in [0.25, 0.3) is 0 Å². The first-order valence-corrected chi connectivity index (χ1v) is 11.7. The van der Waals surface area contributed by atoms with Crippen LogP contribution in [0.5, 0.6) is 0 Å². The molecule has 0 spiro atoms. The molecule has 1 aliphatic heterocycles. The molecule has 0 amide bonds. The molecule has 0 radical (unpaired) electrons. The summed E-state index contributed by atoms with van der Waals surface area (Å²) in [5.74, 6) is 0.398. The summed E-state index contributed by atoms with van der Waals surface area (Å²) in [4.78, 5) is 25.0. The van der Waals surface area contributed by atoms with Crippen LogP contribution in [0.3, 0.4) is 0 Å². The summed E-state index contributed by atoms with van der Waals surface area (Å²) in [7, 11) is 0. The van der Waals surface area contributed by atoms with E-state index < -0.39 is 0 Å². The molecule has 3 rings (SSSR count). The summed E-state index contributed by atoms with van der Waals surface area (Å²) in [6.45, 7) is 4.85. The van der Waals surface area contributed by atoms with Gasteiger partial charge in [-0.15, -0.1) is 0 Å². The summed E-state index contributed by atoms with van der Waals surface area (Å²) >= 11 is -0.308. The number of alkyl halides is 1. The van der Waals surface area contributed by atoms with Crippen molar-refractivity contribution < 1.29 is 39.9 Å². The fraction of sp³-hybridized carbons (Fsp3) is 0.500. The van der Waals surface area contributed by atoms with E-state index in [-0.39, 0.29) is 38.7 Å². The molecule has 1 heterocycles. The first-order valence-electron chi connectivity index (χ1n) is 8.96. The van der Waals surface area contributed by atoms with E-state index in [9.17, 15) is 14.0 Å². The van der Waals surface area contributed by atoms with Gasteiger partial charge in [-0.1, -0.05) is 0 Å². The van der Waals surface area contributed by atoms with Crippen LogP contribution in [-0.4, -0.2) is 34.9 Å². The van der Waals surface area contributed by atoms with Gasteiger partial charge < -0.3 is 0 Å². The standard InChI is InChI=1S/C20H24FINO3/c1-14-7-8-23(10-16(14)9-22-12-26-13-24)11-18-17(3-2-4-19(18)21)20(25)15-5-6-15/h2-4,9,13-15H,5-8,10-12H2,1H3/q-1/b16-9-.